The molecule has 1 aliphatic rings. The van der Waals surface area contributed by atoms with Crippen molar-refractivity contribution >= 4 is 0 Å². The molecule has 2 rings (SSSR count). The van der Waals surface area contributed by atoms with Gasteiger partial charge in [-0.25, -0.2) is 0 Å². The van der Waals surface area contributed by atoms with E-state index < -0.39 is 0 Å². The third kappa shape index (κ3) is 5.02. The van der Waals surface area contributed by atoms with Crippen LogP contribution in [0.1, 0.15) is 31.0 Å². The van der Waals surface area contributed by atoms with Crippen LogP contribution in [0.4, 0.5) is 0 Å². The molecular weight excluding hydrogens is 234 g/mol. The highest BCUT2D eigenvalue weighted by molar-refractivity contribution is 5.14. The van der Waals surface area contributed by atoms with Gasteiger partial charge in [-0.15, -0.1) is 6.42 Å². The Balaban J connectivity index is 1.87. The maximum absolute atomic E-state index is 5.44. The topological polar surface area (TPSA) is 28.2 Å². The van der Waals surface area contributed by atoms with Crippen LogP contribution in [0.3, 0.4) is 0 Å². The summed E-state index contributed by atoms with van der Waals surface area (Å²) in [5.74, 6) is 3.61. The highest BCUT2D eigenvalue weighted by Gasteiger charge is 2.24. The van der Waals surface area contributed by atoms with E-state index in [-0.39, 0.29) is 0 Å². The Kier molecular flexibility index (Phi) is 5.38. The van der Waals surface area contributed by atoms with Crippen LogP contribution in [0.25, 0.3) is 0 Å². The summed E-state index contributed by atoms with van der Waals surface area (Å²) in [6.45, 7) is 6.68. The van der Waals surface area contributed by atoms with Crippen LogP contribution in [0.2, 0.25) is 0 Å². The maximum Gasteiger partial charge on any atom is 0.0602 e. The molecule has 1 saturated carbocycles. The molecular formula is C16H23N3. The molecule has 1 aromatic rings. The van der Waals surface area contributed by atoms with Crippen molar-refractivity contribution in [2.75, 3.05) is 19.6 Å². The van der Waals surface area contributed by atoms with Crippen molar-refractivity contribution in [3.63, 3.8) is 0 Å². The largest absolute Gasteiger partial charge is 0.313 e. The van der Waals surface area contributed by atoms with Gasteiger partial charge >= 0.3 is 0 Å². The predicted octanol–water partition coefficient (Wildman–Crippen LogP) is 2.04. The number of rotatable bonds is 8. The first-order chi connectivity index (χ1) is 9.31. The van der Waals surface area contributed by atoms with Gasteiger partial charge in [-0.1, -0.05) is 18.9 Å². The first-order valence-electron chi connectivity index (χ1n) is 7.12. The van der Waals surface area contributed by atoms with Gasteiger partial charge in [0.25, 0.3) is 0 Å². The van der Waals surface area contributed by atoms with E-state index in [9.17, 15) is 0 Å². The highest BCUT2D eigenvalue weighted by atomic mass is 15.1. The van der Waals surface area contributed by atoms with Crippen molar-refractivity contribution in [2.24, 2.45) is 5.92 Å². The van der Waals surface area contributed by atoms with E-state index in [1.807, 2.05) is 6.20 Å². The summed E-state index contributed by atoms with van der Waals surface area (Å²) in [5.41, 5.74) is 2.34. The van der Waals surface area contributed by atoms with Gasteiger partial charge in [0.1, 0.15) is 0 Å². The molecule has 0 aliphatic heterocycles. The van der Waals surface area contributed by atoms with Gasteiger partial charge in [-0.2, -0.15) is 0 Å². The zero-order chi connectivity index (χ0) is 13.5. The molecule has 0 unspecified atom stereocenters. The zero-order valence-corrected chi connectivity index (χ0v) is 11.7. The summed E-state index contributed by atoms with van der Waals surface area (Å²) in [6, 6.07) is 4.26. The van der Waals surface area contributed by atoms with E-state index in [0.29, 0.717) is 0 Å². The Morgan fingerprint density at radius 2 is 2.32 bits per heavy atom. The molecule has 1 fully saturated rings. The minimum absolute atomic E-state index is 0.720. The van der Waals surface area contributed by atoms with E-state index >= 15 is 0 Å². The summed E-state index contributed by atoms with van der Waals surface area (Å²) in [7, 11) is 0. The van der Waals surface area contributed by atoms with Crippen molar-refractivity contribution in [1.29, 1.82) is 0 Å². The Morgan fingerprint density at radius 1 is 1.47 bits per heavy atom. The molecule has 0 amide bonds. The smallest absolute Gasteiger partial charge is 0.0602 e. The van der Waals surface area contributed by atoms with E-state index in [2.05, 4.69) is 40.2 Å². The van der Waals surface area contributed by atoms with Crippen LogP contribution in [0.15, 0.2) is 18.3 Å². The van der Waals surface area contributed by atoms with Crippen LogP contribution < -0.4 is 5.32 Å². The Hall–Kier alpha value is -1.37. The standard InChI is InChI=1S/C16H23N3/c1-3-9-19(12-14-5-6-14)13-16-8-7-15(11-18-16)10-17-4-2/h1,7-8,11,14,17H,4-6,9-10,12-13H2,2H3. The van der Waals surface area contributed by atoms with E-state index in [1.165, 1.54) is 18.4 Å². The van der Waals surface area contributed by atoms with Crippen molar-refractivity contribution < 1.29 is 0 Å². The molecule has 1 aromatic heterocycles. The molecule has 102 valence electrons. The van der Waals surface area contributed by atoms with Crippen molar-refractivity contribution in [2.45, 2.75) is 32.9 Å². The van der Waals surface area contributed by atoms with Gasteiger partial charge in [-0.3, -0.25) is 9.88 Å². The molecule has 19 heavy (non-hydrogen) atoms. The van der Waals surface area contributed by atoms with Crippen molar-refractivity contribution in [3.8, 4) is 12.3 Å². The normalized spacial score (nSPS) is 14.6. The molecule has 0 saturated heterocycles. The van der Waals surface area contributed by atoms with Crippen LogP contribution in [0.5, 0.6) is 0 Å². The van der Waals surface area contributed by atoms with Crippen LogP contribution in [-0.2, 0) is 13.1 Å². The zero-order valence-electron chi connectivity index (χ0n) is 11.7. The summed E-state index contributed by atoms with van der Waals surface area (Å²) >= 11 is 0. The van der Waals surface area contributed by atoms with Gasteiger partial charge in [0.05, 0.1) is 12.2 Å². The van der Waals surface area contributed by atoms with Gasteiger partial charge < -0.3 is 5.32 Å². The van der Waals surface area contributed by atoms with Gasteiger partial charge in [-0.05, 0) is 36.9 Å². The molecule has 3 heteroatoms. The fourth-order valence-corrected chi connectivity index (χ4v) is 2.13. The molecule has 3 nitrogen and oxygen atoms in total. The summed E-state index contributed by atoms with van der Waals surface area (Å²) in [5, 5.41) is 3.30. The molecule has 1 heterocycles. The first-order valence-corrected chi connectivity index (χ1v) is 7.12. The molecule has 0 bridgehead atoms. The summed E-state index contributed by atoms with van der Waals surface area (Å²) in [4.78, 5) is 6.85. The second kappa shape index (κ2) is 7.28. The minimum Gasteiger partial charge on any atom is -0.313 e. The second-order valence-corrected chi connectivity index (χ2v) is 5.26. The number of hydrogen-bond acceptors (Lipinski definition) is 3. The average Bonchev–Trinajstić information content (AvgIpc) is 3.22. The summed E-state index contributed by atoms with van der Waals surface area (Å²) in [6.07, 6.45) is 10.1. The van der Waals surface area contributed by atoms with E-state index in [1.54, 1.807) is 0 Å². The van der Waals surface area contributed by atoms with Crippen molar-refractivity contribution in [1.82, 2.24) is 15.2 Å². The summed E-state index contributed by atoms with van der Waals surface area (Å²) < 4.78 is 0. The quantitative estimate of drug-likeness (QED) is 0.722. The Morgan fingerprint density at radius 3 is 2.89 bits per heavy atom. The highest BCUT2D eigenvalue weighted by Crippen LogP contribution is 2.29. The monoisotopic (exact) mass is 257 g/mol. The number of nitrogens with zero attached hydrogens (tertiary/aromatic N) is 2. The average molecular weight is 257 g/mol. The van der Waals surface area contributed by atoms with Crippen LogP contribution in [0, 0.1) is 18.3 Å². The molecule has 1 aliphatic carbocycles. The third-order valence-corrected chi connectivity index (χ3v) is 3.38. The fraction of sp³-hybridized carbons (Fsp3) is 0.562. The van der Waals surface area contributed by atoms with Crippen LogP contribution >= 0.6 is 0 Å². The first kappa shape index (κ1) is 14.0. The predicted molar refractivity (Wildman–Crippen MR) is 78.5 cm³/mol. The lowest BCUT2D eigenvalue weighted by Crippen LogP contribution is -2.26. The fourth-order valence-electron chi connectivity index (χ4n) is 2.13. The number of nitrogens with one attached hydrogen (secondary N) is 1. The number of aromatic nitrogens is 1. The molecule has 0 radical (unpaired) electrons. The van der Waals surface area contributed by atoms with Gasteiger partial charge in [0.15, 0.2) is 0 Å². The number of hydrogen-bond donors (Lipinski definition) is 1. The van der Waals surface area contributed by atoms with Gasteiger partial charge in [0, 0.05) is 25.8 Å². The molecule has 0 atom stereocenters. The Labute approximate surface area is 116 Å². The SMILES string of the molecule is C#CCN(Cc1ccc(CNCC)cn1)CC1CC1. The van der Waals surface area contributed by atoms with Gasteiger partial charge in [0.2, 0.25) is 0 Å². The lowest BCUT2D eigenvalue weighted by Gasteiger charge is -2.19. The van der Waals surface area contributed by atoms with Crippen molar-refractivity contribution in [3.05, 3.63) is 29.6 Å². The minimum atomic E-state index is 0.720. The molecule has 0 spiro atoms. The van der Waals surface area contributed by atoms with E-state index in [0.717, 1.165) is 44.3 Å². The van der Waals surface area contributed by atoms with E-state index in [4.69, 9.17) is 6.42 Å². The second-order valence-electron chi connectivity index (χ2n) is 5.26. The number of pyridine rings is 1. The lowest BCUT2D eigenvalue weighted by atomic mass is 10.2. The lowest BCUT2D eigenvalue weighted by molar-refractivity contribution is 0.283. The maximum atomic E-state index is 5.44. The number of terminal acetylenes is 1. The third-order valence-electron chi connectivity index (χ3n) is 3.38. The van der Waals surface area contributed by atoms with Crippen LogP contribution in [-0.4, -0.2) is 29.5 Å². The molecule has 0 aromatic carbocycles. The Bertz CT molecular complexity index is 415. The molecule has 1 N–H and O–H groups in total.